The normalized spacial score (nSPS) is 26.0. The van der Waals surface area contributed by atoms with Gasteiger partial charge in [-0.3, -0.25) is 14.1 Å². The van der Waals surface area contributed by atoms with Crippen molar-refractivity contribution in [2.24, 2.45) is 0 Å². The molecule has 0 bridgehead atoms. The number of hydrogen-bond donors (Lipinski definition) is 3. The van der Waals surface area contributed by atoms with E-state index in [4.69, 9.17) is 18.5 Å². The second-order valence-corrected chi connectivity index (χ2v) is 12.3. The van der Waals surface area contributed by atoms with Crippen LogP contribution in [0.15, 0.2) is 66.9 Å². The minimum Gasteiger partial charge on any atom is -0.462 e. The maximum absolute atomic E-state index is 15.7. The summed E-state index contributed by atoms with van der Waals surface area (Å²) in [5.41, 5.74) is -0.570. The van der Waals surface area contributed by atoms with Gasteiger partial charge in [0.2, 0.25) is 5.91 Å². The van der Waals surface area contributed by atoms with Crippen molar-refractivity contribution in [3.63, 3.8) is 0 Å². The SMILES string of the molecule is CC(C)OC(=O)[C@H](C)NP(=O)(OCC1O[C@@H](N2C=CC(=O)NC2)[C@](C)(F)[C@@H]1O)Oc1ccccc1Cc1ccccc1. The minimum atomic E-state index is -4.36. The second-order valence-electron chi connectivity index (χ2n) is 10.6. The Kier molecular flexibility index (Phi) is 10.1. The predicted octanol–water partition coefficient (Wildman–Crippen LogP) is 3.43. The standard InChI is InChI=1S/C29H37FN3O8P/c1-19(2)39-27(36)20(3)32-42(37,41-23-13-9-8-12-22(23)16-21-10-6-5-7-11-21)38-17-24-26(35)29(4,30)28(40-24)33-15-14-25(34)31-18-33/h5-15,19-20,24,26,28,35H,16-18H2,1-4H3,(H,31,34)(H,32,37)/t20-,24?,26+,28+,29+,42?/m0/s1. The van der Waals surface area contributed by atoms with Crippen molar-refractivity contribution in [1.82, 2.24) is 15.3 Å². The smallest absolute Gasteiger partial charge is 0.459 e. The number of alkyl halides is 1. The zero-order valence-corrected chi connectivity index (χ0v) is 24.8. The summed E-state index contributed by atoms with van der Waals surface area (Å²) in [6.07, 6.45) is -1.55. The molecule has 3 N–H and O–H groups in total. The van der Waals surface area contributed by atoms with Gasteiger partial charge in [-0.05, 0) is 44.9 Å². The Morgan fingerprint density at radius 3 is 2.57 bits per heavy atom. The van der Waals surface area contributed by atoms with Crippen LogP contribution in [0.3, 0.4) is 0 Å². The first-order valence-electron chi connectivity index (χ1n) is 13.7. The number of hydrogen-bond acceptors (Lipinski definition) is 9. The van der Waals surface area contributed by atoms with E-state index < -0.39 is 56.6 Å². The monoisotopic (exact) mass is 605 g/mol. The minimum absolute atomic E-state index is 0.0311. The van der Waals surface area contributed by atoms with Crippen LogP contribution in [0.25, 0.3) is 0 Å². The fourth-order valence-electron chi connectivity index (χ4n) is 4.59. The fraction of sp³-hybridized carbons (Fsp3) is 0.448. The predicted molar refractivity (Wildman–Crippen MR) is 152 cm³/mol. The third kappa shape index (κ3) is 7.76. The average Bonchev–Trinajstić information content (AvgIpc) is 3.17. The summed E-state index contributed by atoms with van der Waals surface area (Å²) < 4.78 is 52.5. The van der Waals surface area contributed by atoms with E-state index >= 15 is 4.39 Å². The molecule has 228 valence electrons. The average molecular weight is 606 g/mol. The van der Waals surface area contributed by atoms with Crippen molar-refractivity contribution in [2.45, 2.75) is 70.4 Å². The van der Waals surface area contributed by atoms with Crippen molar-refractivity contribution >= 4 is 19.6 Å². The number of aliphatic hydroxyl groups excluding tert-OH is 1. The number of aliphatic hydroxyl groups is 1. The fourth-order valence-corrected chi connectivity index (χ4v) is 6.13. The molecule has 2 aliphatic rings. The highest BCUT2D eigenvalue weighted by Crippen LogP contribution is 2.47. The van der Waals surface area contributed by atoms with E-state index in [1.165, 1.54) is 31.0 Å². The molecule has 42 heavy (non-hydrogen) atoms. The topological polar surface area (TPSA) is 136 Å². The maximum Gasteiger partial charge on any atom is 0.459 e. The highest BCUT2D eigenvalue weighted by atomic mass is 31.2. The number of ether oxygens (including phenoxy) is 2. The van der Waals surface area contributed by atoms with Crippen LogP contribution >= 0.6 is 7.75 Å². The van der Waals surface area contributed by atoms with Gasteiger partial charge in [0.1, 0.15) is 24.0 Å². The maximum atomic E-state index is 15.7. The lowest BCUT2D eigenvalue weighted by Crippen LogP contribution is -2.52. The largest absolute Gasteiger partial charge is 0.462 e. The molecule has 0 spiro atoms. The third-order valence-electron chi connectivity index (χ3n) is 6.77. The Balaban J connectivity index is 1.55. The van der Waals surface area contributed by atoms with Crippen LogP contribution in [0, 0.1) is 0 Å². The molecule has 2 heterocycles. The quantitative estimate of drug-likeness (QED) is 0.244. The highest BCUT2D eigenvalue weighted by Gasteiger charge is 2.56. The van der Waals surface area contributed by atoms with Crippen LogP contribution in [0.2, 0.25) is 0 Å². The number of esters is 1. The number of carbonyl (C=O) groups excluding carboxylic acids is 2. The van der Waals surface area contributed by atoms with Gasteiger partial charge in [0.15, 0.2) is 11.9 Å². The van der Waals surface area contributed by atoms with E-state index in [2.05, 4.69) is 10.4 Å². The van der Waals surface area contributed by atoms with E-state index in [0.717, 1.165) is 5.56 Å². The molecule has 6 atom stereocenters. The van der Waals surface area contributed by atoms with Gasteiger partial charge in [0.05, 0.1) is 19.4 Å². The molecule has 4 rings (SSSR count). The van der Waals surface area contributed by atoms with Crippen LogP contribution in [0.1, 0.15) is 38.8 Å². The molecule has 2 aromatic rings. The Morgan fingerprint density at radius 1 is 1.21 bits per heavy atom. The Hall–Kier alpha value is -3.28. The lowest BCUT2D eigenvalue weighted by atomic mass is 9.98. The van der Waals surface area contributed by atoms with Gasteiger partial charge in [-0.25, -0.2) is 8.96 Å². The number of nitrogens with zero attached hydrogens (tertiary/aromatic N) is 1. The van der Waals surface area contributed by atoms with Crippen molar-refractivity contribution in [3.05, 3.63) is 78.0 Å². The first-order chi connectivity index (χ1) is 19.9. The summed E-state index contributed by atoms with van der Waals surface area (Å²) in [5, 5.41) is 16.0. The van der Waals surface area contributed by atoms with Gasteiger partial charge in [0, 0.05) is 18.7 Å². The zero-order valence-electron chi connectivity index (χ0n) is 23.9. The third-order valence-corrected chi connectivity index (χ3v) is 8.40. The molecule has 0 saturated carbocycles. The number of carbonyl (C=O) groups is 2. The van der Waals surface area contributed by atoms with E-state index in [9.17, 15) is 19.3 Å². The summed E-state index contributed by atoms with van der Waals surface area (Å²) in [7, 11) is -4.36. The lowest BCUT2D eigenvalue weighted by molar-refractivity contribution is -0.149. The number of rotatable bonds is 12. The molecule has 2 aliphatic heterocycles. The molecule has 11 nitrogen and oxygen atoms in total. The van der Waals surface area contributed by atoms with E-state index in [0.29, 0.717) is 12.0 Å². The molecule has 1 fully saturated rings. The highest BCUT2D eigenvalue weighted by molar-refractivity contribution is 7.52. The van der Waals surface area contributed by atoms with Crippen LogP contribution in [0.4, 0.5) is 4.39 Å². The molecule has 0 radical (unpaired) electrons. The number of nitrogens with one attached hydrogen (secondary N) is 2. The van der Waals surface area contributed by atoms with Gasteiger partial charge in [-0.2, -0.15) is 5.09 Å². The van der Waals surface area contributed by atoms with E-state index in [-0.39, 0.29) is 18.3 Å². The molecule has 2 aromatic carbocycles. The molecular weight excluding hydrogens is 568 g/mol. The molecular formula is C29H37FN3O8P. The lowest BCUT2D eigenvalue weighted by Gasteiger charge is -2.34. The number of halogens is 1. The second kappa shape index (κ2) is 13.4. The first kappa shape index (κ1) is 31.7. The summed E-state index contributed by atoms with van der Waals surface area (Å²) in [6.45, 7) is 5.42. The summed E-state index contributed by atoms with van der Waals surface area (Å²) >= 11 is 0. The molecule has 0 aliphatic carbocycles. The Labute approximate surface area is 244 Å². The Bertz CT molecular complexity index is 1320. The van der Waals surface area contributed by atoms with Gasteiger partial charge < -0.3 is 29.3 Å². The molecule has 1 amide bonds. The summed E-state index contributed by atoms with van der Waals surface area (Å²) in [5.74, 6) is -0.772. The van der Waals surface area contributed by atoms with E-state index in [1.54, 1.807) is 26.0 Å². The van der Waals surface area contributed by atoms with Crippen molar-refractivity contribution in [2.75, 3.05) is 13.3 Å². The van der Waals surface area contributed by atoms with E-state index in [1.807, 2.05) is 42.5 Å². The van der Waals surface area contributed by atoms with Gasteiger partial charge >= 0.3 is 13.7 Å². The van der Waals surface area contributed by atoms with Crippen LogP contribution in [0.5, 0.6) is 5.75 Å². The first-order valence-corrected chi connectivity index (χ1v) is 15.2. The van der Waals surface area contributed by atoms with Crippen molar-refractivity contribution in [3.8, 4) is 5.75 Å². The molecule has 2 unspecified atom stereocenters. The summed E-state index contributed by atoms with van der Waals surface area (Å²) in [4.78, 5) is 25.4. The molecule has 0 aromatic heterocycles. The molecule has 1 saturated heterocycles. The zero-order chi connectivity index (χ0) is 30.5. The number of amides is 1. The van der Waals surface area contributed by atoms with Gasteiger partial charge in [0.25, 0.3) is 0 Å². The van der Waals surface area contributed by atoms with Crippen LogP contribution < -0.4 is 14.9 Å². The van der Waals surface area contributed by atoms with Gasteiger partial charge in [-0.15, -0.1) is 0 Å². The summed E-state index contributed by atoms with van der Waals surface area (Å²) in [6, 6.07) is 15.5. The van der Waals surface area contributed by atoms with Crippen molar-refractivity contribution < 1.29 is 42.2 Å². The van der Waals surface area contributed by atoms with Gasteiger partial charge in [-0.1, -0.05) is 48.5 Å². The van der Waals surface area contributed by atoms with Crippen LogP contribution in [-0.4, -0.2) is 71.4 Å². The Morgan fingerprint density at radius 2 is 1.90 bits per heavy atom. The number of benzene rings is 2. The van der Waals surface area contributed by atoms with Crippen LogP contribution in [-0.2, 0) is 34.6 Å². The number of para-hydroxylation sites is 1. The van der Waals surface area contributed by atoms with Crippen molar-refractivity contribution in [1.29, 1.82) is 0 Å². The molecule has 13 heteroatoms.